The molecule has 1 fully saturated rings. The van der Waals surface area contributed by atoms with Gasteiger partial charge >= 0.3 is 0 Å². The number of sulfonamides is 1. The number of hydrogen-bond acceptors (Lipinski definition) is 5. The Labute approximate surface area is 178 Å². The zero-order valence-electron chi connectivity index (χ0n) is 15.0. The fraction of sp³-hybridized carbons (Fsp3) is 0.200. The number of rotatable bonds is 5. The van der Waals surface area contributed by atoms with E-state index in [-0.39, 0.29) is 4.90 Å². The second-order valence-electron chi connectivity index (χ2n) is 6.61. The standard InChI is InChI=1S/C20H19IN4O2S/c21-16-5-9-18(10-6-16)28(26,27)24-17-7-3-15(4-8-17)19-11-12-20(23-22-19)25-13-1-2-14-25/h3-12,24H,1-2,13-14H2. The van der Waals surface area contributed by atoms with E-state index in [0.717, 1.165) is 33.7 Å². The molecular formula is C20H19IN4O2S. The summed E-state index contributed by atoms with van der Waals surface area (Å²) in [5.74, 6) is 0.906. The van der Waals surface area contributed by atoms with Crippen molar-refractivity contribution in [2.24, 2.45) is 0 Å². The summed E-state index contributed by atoms with van der Waals surface area (Å²) in [5.41, 5.74) is 2.15. The number of nitrogens with zero attached hydrogens (tertiary/aromatic N) is 3. The van der Waals surface area contributed by atoms with Crippen LogP contribution in [0.3, 0.4) is 0 Å². The van der Waals surface area contributed by atoms with Gasteiger partial charge in [-0.05, 0) is 84.0 Å². The van der Waals surface area contributed by atoms with Crippen LogP contribution in [0.2, 0.25) is 0 Å². The SMILES string of the molecule is O=S(=O)(Nc1ccc(-c2ccc(N3CCCC3)nn2)cc1)c1ccc(I)cc1. The van der Waals surface area contributed by atoms with E-state index in [0.29, 0.717) is 5.69 Å². The largest absolute Gasteiger partial charge is 0.355 e. The van der Waals surface area contributed by atoms with Gasteiger partial charge in [-0.1, -0.05) is 12.1 Å². The molecular weight excluding hydrogens is 487 g/mol. The van der Waals surface area contributed by atoms with Crippen molar-refractivity contribution in [2.45, 2.75) is 17.7 Å². The quantitative estimate of drug-likeness (QED) is 0.527. The van der Waals surface area contributed by atoms with E-state index in [4.69, 9.17) is 0 Å². The minimum Gasteiger partial charge on any atom is -0.355 e. The van der Waals surface area contributed by atoms with Crippen LogP contribution < -0.4 is 9.62 Å². The smallest absolute Gasteiger partial charge is 0.261 e. The molecule has 0 radical (unpaired) electrons. The Kier molecular flexibility index (Phi) is 5.49. The summed E-state index contributed by atoms with van der Waals surface area (Å²) in [5, 5.41) is 8.65. The van der Waals surface area contributed by atoms with Crippen LogP contribution >= 0.6 is 22.6 Å². The molecule has 144 valence electrons. The van der Waals surface area contributed by atoms with Crippen molar-refractivity contribution in [3.8, 4) is 11.3 Å². The number of nitrogens with one attached hydrogen (secondary N) is 1. The molecule has 1 saturated heterocycles. The van der Waals surface area contributed by atoms with Gasteiger partial charge in [-0.15, -0.1) is 10.2 Å². The molecule has 6 nitrogen and oxygen atoms in total. The molecule has 0 unspecified atom stereocenters. The van der Waals surface area contributed by atoms with Crippen molar-refractivity contribution in [3.63, 3.8) is 0 Å². The molecule has 0 aliphatic carbocycles. The van der Waals surface area contributed by atoms with Crippen molar-refractivity contribution >= 4 is 44.1 Å². The monoisotopic (exact) mass is 506 g/mol. The van der Waals surface area contributed by atoms with Crippen molar-refractivity contribution in [1.29, 1.82) is 0 Å². The van der Waals surface area contributed by atoms with Crippen molar-refractivity contribution in [1.82, 2.24) is 10.2 Å². The Hall–Kier alpha value is -2.20. The van der Waals surface area contributed by atoms with Crippen LogP contribution in [0.25, 0.3) is 11.3 Å². The Morgan fingerprint density at radius 2 is 1.54 bits per heavy atom. The summed E-state index contributed by atoms with van der Waals surface area (Å²) in [7, 11) is -3.61. The molecule has 0 bridgehead atoms. The van der Waals surface area contributed by atoms with Crippen molar-refractivity contribution < 1.29 is 8.42 Å². The normalized spacial score (nSPS) is 14.2. The molecule has 0 saturated carbocycles. The molecule has 1 aliphatic heterocycles. The van der Waals surface area contributed by atoms with Crippen molar-refractivity contribution in [2.75, 3.05) is 22.7 Å². The summed E-state index contributed by atoms with van der Waals surface area (Å²) < 4.78 is 28.6. The third kappa shape index (κ3) is 4.27. The van der Waals surface area contributed by atoms with E-state index in [1.165, 1.54) is 12.8 Å². The number of benzene rings is 2. The number of halogens is 1. The Morgan fingerprint density at radius 3 is 2.14 bits per heavy atom. The molecule has 1 aliphatic rings. The van der Waals surface area contributed by atoms with Gasteiger partial charge in [-0.3, -0.25) is 4.72 Å². The van der Waals surface area contributed by atoms with Gasteiger partial charge in [-0.25, -0.2) is 8.42 Å². The van der Waals surface area contributed by atoms with Crippen LogP contribution in [0.1, 0.15) is 12.8 Å². The molecule has 0 amide bonds. The van der Waals surface area contributed by atoms with Crippen LogP contribution in [-0.4, -0.2) is 31.7 Å². The van der Waals surface area contributed by atoms with Crippen LogP contribution in [0.15, 0.2) is 65.6 Å². The molecule has 1 N–H and O–H groups in total. The molecule has 0 spiro atoms. The minimum atomic E-state index is -3.61. The maximum atomic E-state index is 12.5. The average Bonchev–Trinajstić information content (AvgIpc) is 3.24. The highest BCUT2D eigenvalue weighted by molar-refractivity contribution is 14.1. The van der Waals surface area contributed by atoms with Crippen molar-refractivity contribution in [3.05, 3.63) is 64.2 Å². The first kappa shape index (κ1) is 19.1. The first-order valence-electron chi connectivity index (χ1n) is 8.99. The minimum absolute atomic E-state index is 0.236. The summed E-state index contributed by atoms with van der Waals surface area (Å²) in [6, 6.07) is 17.8. The van der Waals surface area contributed by atoms with Gasteiger partial charge in [0.05, 0.1) is 10.6 Å². The van der Waals surface area contributed by atoms with E-state index in [2.05, 4.69) is 42.4 Å². The lowest BCUT2D eigenvalue weighted by Gasteiger charge is -2.15. The Morgan fingerprint density at radius 1 is 0.857 bits per heavy atom. The van der Waals surface area contributed by atoms with Gasteiger partial charge in [0.25, 0.3) is 10.0 Å². The predicted octanol–water partition coefficient (Wildman–Crippen LogP) is 4.15. The molecule has 4 rings (SSSR count). The highest BCUT2D eigenvalue weighted by Crippen LogP contribution is 2.23. The molecule has 8 heteroatoms. The van der Waals surface area contributed by atoms with E-state index >= 15 is 0 Å². The Balaban J connectivity index is 1.48. The van der Waals surface area contributed by atoms with Gasteiger partial charge in [-0.2, -0.15) is 0 Å². The molecule has 2 aromatic carbocycles. The lowest BCUT2D eigenvalue weighted by atomic mass is 10.1. The Bertz CT molecular complexity index is 1050. The summed E-state index contributed by atoms with van der Waals surface area (Å²) >= 11 is 2.14. The molecule has 3 aromatic rings. The van der Waals surface area contributed by atoms with Gasteiger partial charge in [0.15, 0.2) is 5.82 Å². The van der Waals surface area contributed by atoms with E-state index in [9.17, 15) is 8.42 Å². The first-order valence-corrected chi connectivity index (χ1v) is 11.5. The summed E-state index contributed by atoms with van der Waals surface area (Å²) in [4.78, 5) is 2.47. The molecule has 0 atom stereocenters. The number of anilines is 2. The maximum absolute atomic E-state index is 12.5. The number of hydrogen-bond donors (Lipinski definition) is 1. The van der Waals surface area contributed by atoms with E-state index in [1.54, 1.807) is 36.4 Å². The zero-order valence-corrected chi connectivity index (χ0v) is 18.0. The lowest BCUT2D eigenvalue weighted by molar-refractivity contribution is 0.601. The van der Waals surface area contributed by atoms with Gasteiger partial charge in [0.1, 0.15) is 0 Å². The third-order valence-electron chi connectivity index (χ3n) is 4.64. The van der Waals surface area contributed by atoms with Crippen LogP contribution in [0, 0.1) is 3.57 Å². The van der Waals surface area contributed by atoms with Crippen LogP contribution in [-0.2, 0) is 10.0 Å². The second kappa shape index (κ2) is 8.04. The topological polar surface area (TPSA) is 75.2 Å². The van der Waals surface area contributed by atoms with E-state index < -0.39 is 10.0 Å². The fourth-order valence-electron chi connectivity index (χ4n) is 3.13. The molecule has 2 heterocycles. The average molecular weight is 506 g/mol. The van der Waals surface area contributed by atoms with Gasteiger partial charge < -0.3 is 4.90 Å². The summed E-state index contributed by atoms with van der Waals surface area (Å²) in [6.07, 6.45) is 2.39. The third-order valence-corrected chi connectivity index (χ3v) is 6.75. The number of aromatic nitrogens is 2. The molecule has 28 heavy (non-hydrogen) atoms. The molecule has 1 aromatic heterocycles. The first-order chi connectivity index (χ1) is 13.5. The summed E-state index contributed by atoms with van der Waals surface area (Å²) in [6.45, 7) is 2.06. The highest BCUT2D eigenvalue weighted by Gasteiger charge is 2.15. The highest BCUT2D eigenvalue weighted by atomic mass is 127. The van der Waals surface area contributed by atoms with E-state index in [1.807, 2.05) is 24.3 Å². The predicted molar refractivity (Wildman–Crippen MR) is 119 cm³/mol. The van der Waals surface area contributed by atoms with Gasteiger partial charge in [0, 0.05) is 27.9 Å². The van der Waals surface area contributed by atoms with Gasteiger partial charge in [0.2, 0.25) is 0 Å². The zero-order chi connectivity index (χ0) is 19.6. The van der Waals surface area contributed by atoms with Crippen LogP contribution in [0.4, 0.5) is 11.5 Å². The fourth-order valence-corrected chi connectivity index (χ4v) is 4.55. The van der Waals surface area contributed by atoms with Crippen LogP contribution in [0.5, 0.6) is 0 Å². The second-order valence-corrected chi connectivity index (χ2v) is 9.54. The maximum Gasteiger partial charge on any atom is 0.261 e. The lowest BCUT2D eigenvalue weighted by Crippen LogP contribution is -2.19.